The summed E-state index contributed by atoms with van der Waals surface area (Å²) in [7, 11) is -3.28. The van der Waals surface area contributed by atoms with Gasteiger partial charge >= 0.3 is 0 Å². The normalized spacial score (nSPS) is 12.2. The predicted molar refractivity (Wildman–Crippen MR) is 76.5 cm³/mol. The van der Waals surface area contributed by atoms with E-state index in [0.29, 0.717) is 17.3 Å². The molecule has 17 heavy (non-hydrogen) atoms. The minimum Gasteiger partial charge on any atom is -0.206 e. The molecule has 0 atom stereocenters. The molecule has 0 unspecified atom stereocenters. The Morgan fingerprint density at radius 1 is 1.35 bits per heavy atom. The van der Waals surface area contributed by atoms with Crippen LogP contribution in [0.2, 0.25) is 0 Å². The molecule has 98 valence electrons. The SMILES string of the molecule is CCc1ccc(S(=O)(=O)N(CC)CCCBr)s1. The third kappa shape index (κ3) is 3.77. The van der Waals surface area contributed by atoms with Crippen molar-refractivity contribution in [2.75, 3.05) is 18.4 Å². The van der Waals surface area contributed by atoms with Crippen molar-refractivity contribution in [3.8, 4) is 0 Å². The van der Waals surface area contributed by atoms with Gasteiger partial charge in [-0.1, -0.05) is 29.8 Å². The van der Waals surface area contributed by atoms with Crippen molar-refractivity contribution in [3.63, 3.8) is 0 Å². The van der Waals surface area contributed by atoms with Gasteiger partial charge in [0.05, 0.1) is 0 Å². The number of rotatable bonds is 7. The molecule has 0 N–H and O–H groups in total. The summed E-state index contributed by atoms with van der Waals surface area (Å²) in [6.07, 6.45) is 1.72. The fourth-order valence-electron chi connectivity index (χ4n) is 1.50. The molecule has 1 aromatic heterocycles. The van der Waals surface area contributed by atoms with E-state index in [2.05, 4.69) is 15.9 Å². The molecule has 3 nitrogen and oxygen atoms in total. The zero-order valence-corrected chi connectivity index (χ0v) is 13.4. The van der Waals surface area contributed by atoms with Crippen molar-refractivity contribution in [1.29, 1.82) is 0 Å². The van der Waals surface area contributed by atoms with E-state index in [4.69, 9.17) is 0 Å². The van der Waals surface area contributed by atoms with E-state index in [0.717, 1.165) is 23.0 Å². The lowest BCUT2D eigenvalue weighted by molar-refractivity contribution is 0.430. The van der Waals surface area contributed by atoms with Crippen LogP contribution >= 0.6 is 27.3 Å². The first kappa shape index (κ1) is 15.1. The molecule has 0 amide bonds. The van der Waals surface area contributed by atoms with Crippen LogP contribution in [0.15, 0.2) is 16.3 Å². The van der Waals surface area contributed by atoms with Gasteiger partial charge in [-0.15, -0.1) is 11.3 Å². The summed E-state index contributed by atoms with van der Waals surface area (Å²) in [4.78, 5) is 1.11. The number of aryl methyl sites for hydroxylation is 1. The fraction of sp³-hybridized carbons (Fsp3) is 0.636. The average molecular weight is 340 g/mol. The van der Waals surface area contributed by atoms with Gasteiger partial charge in [0.25, 0.3) is 10.0 Å². The maximum absolute atomic E-state index is 12.3. The molecule has 0 aliphatic heterocycles. The molecule has 1 aromatic rings. The van der Waals surface area contributed by atoms with Gasteiger partial charge in [-0.05, 0) is 25.0 Å². The van der Waals surface area contributed by atoms with Crippen molar-refractivity contribution >= 4 is 37.3 Å². The zero-order valence-electron chi connectivity index (χ0n) is 10.1. The van der Waals surface area contributed by atoms with Crippen LogP contribution in [0.1, 0.15) is 25.1 Å². The molecule has 1 rings (SSSR count). The largest absolute Gasteiger partial charge is 0.252 e. The third-order valence-corrected chi connectivity index (χ3v) is 6.71. The Hall–Kier alpha value is 0.0900. The van der Waals surface area contributed by atoms with E-state index in [1.807, 2.05) is 19.9 Å². The first-order valence-corrected chi connectivity index (χ1v) is 9.08. The first-order valence-electron chi connectivity index (χ1n) is 5.71. The number of hydrogen-bond acceptors (Lipinski definition) is 3. The highest BCUT2D eigenvalue weighted by molar-refractivity contribution is 9.09. The number of thiophene rings is 1. The van der Waals surface area contributed by atoms with Crippen LogP contribution < -0.4 is 0 Å². The topological polar surface area (TPSA) is 37.4 Å². The van der Waals surface area contributed by atoms with Crippen LogP contribution in [-0.2, 0) is 16.4 Å². The molecule has 0 aliphatic rings. The fourth-order valence-corrected chi connectivity index (χ4v) is 4.69. The summed E-state index contributed by atoms with van der Waals surface area (Å²) in [5, 5.41) is 0.823. The van der Waals surface area contributed by atoms with Gasteiger partial charge in [0.1, 0.15) is 4.21 Å². The van der Waals surface area contributed by atoms with Gasteiger partial charge in [0.15, 0.2) is 0 Å². The summed E-state index contributed by atoms with van der Waals surface area (Å²) in [6, 6.07) is 3.62. The van der Waals surface area contributed by atoms with E-state index in [-0.39, 0.29) is 0 Å². The van der Waals surface area contributed by atoms with Crippen molar-refractivity contribution in [2.24, 2.45) is 0 Å². The molecule has 0 saturated carbocycles. The predicted octanol–water partition coefficient (Wildman–Crippen LogP) is 3.11. The van der Waals surface area contributed by atoms with Gasteiger partial charge in [-0.3, -0.25) is 0 Å². The molecular weight excluding hydrogens is 322 g/mol. The van der Waals surface area contributed by atoms with Crippen LogP contribution in [-0.4, -0.2) is 31.1 Å². The molecule has 1 heterocycles. The molecule has 0 saturated heterocycles. The van der Waals surface area contributed by atoms with Gasteiger partial charge in [-0.25, -0.2) is 8.42 Å². The number of hydrogen-bond donors (Lipinski definition) is 0. The molecule has 0 fully saturated rings. The lowest BCUT2D eigenvalue weighted by Gasteiger charge is -2.18. The lowest BCUT2D eigenvalue weighted by atomic mass is 10.4. The van der Waals surface area contributed by atoms with Crippen molar-refractivity contribution in [2.45, 2.75) is 30.9 Å². The van der Waals surface area contributed by atoms with Crippen molar-refractivity contribution < 1.29 is 8.42 Å². The van der Waals surface area contributed by atoms with Crippen LogP contribution in [0.4, 0.5) is 0 Å². The van der Waals surface area contributed by atoms with Crippen LogP contribution in [0.3, 0.4) is 0 Å². The number of sulfonamides is 1. The Morgan fingerprint density at radius 2 is 2.06 bits per heavy atom. The Bertz CT molecular complexity index is 442. The Balaban J connectivity index is 2.91. The third-order valence-electron chi connectivity index (χ3n) is 2.47. The number of halogens is 1. The second kappa shape index (κ2) is 6.87. The average Bonchev–Trinajstić information content (AvgIpc) is 2.79. The molecule has 0 radical (unpaired) electrons. The molecule has 0 aromatic carbocycles. The monoisotopic (exact) mass is 339 g/mol. The maximum atomic E-state index is 12.3. The summed E-state index contributed by atoms with van der Waals surface area (Å²) in [6.45, 7) is 5.00. The lowest BCUT2D eigenvalue weighted by Crippen LogP contribution is -2.31. The van der Waals surface area contributed by atoms with Crippen LogP contribution in [0, 0.1) is 0 Å². The second-order valence-corrected chi connectivity index (χ2v) is 7.74. The maximum Gasteiger partial charge on any atom is 0.252 e. The van der Waals surface area contributed by atoms with E-state index in [9.17, 15) is 8.42 Å². The Morgan fingerprint density at radius 3 is 2.53 bits per heavy atom. The molecular formula is C11H18BrNO2S2. The van der Waals surface area contributed by atoms with Gasteiger partial charge < -0.3 is 0 Å². The summed E-state index contributed by atoms with van der Waals surface area (Å²) < 4.78 is 26.6. The standard InChI is InChI=1S/C11H18BrNO2S2/c1-3-10-6-7-11(16-10)17(14,15)13(4-2)9-5-8-12/h6-7H,3-5,8-9H2,1-2H3. The van der Waals surface area contributed by atoms with Crippen LogP contribution in [0.25, 0.3) is 0 Å². The second-order valence-electron chi connectivity index (χ2n) is 3.61. The highest BCUT2D eigenvalue weighted by Crippen LogP contribution is 2.25. The van der Waals surface area contributed by atoms with E-state index < -0.39 is 10.0 Å². The smallest absolute Gasteiger partial charge is 0.206 e. The molecule has 0 aliphatic carbocycles. The van der Waals surface area contributed by atoms with Crippen molar-refractivity contribution in [1.82, 2.24) is 4.31 Å². The summed E-state index contributed by atoms with van der Waals surface area (Å²) >= 11 is 4.70. The van der Waals surface area contributed by atoms with E-state index >= 15 is 0 Å². The summed E-state index contributed by atoms with van der Waals surface area (Å²) in [5.74, 6) is 0. The Labute approximate surface area is 116 Å². The molecule has 0 bridgehead atoms. The number of nitrogens with zero attached hydrogens (tertiary/aromatic N) is 1. The van der Waals surface area contributed by atoms with E-state index in [1.54, 1.807) is 10.4 Å². The molecule has 6 heteroatoms. The van der Waals surface area contributed by atoms with E-state index in [1.165, 1.54) is 11.3 Å². The summed E-state index contributed by atoms with van der Waals surface area (Å²) in [5.41, 5.74) is 0. The van der Waals surface area contributed by atoms with Gasteiger partial charge in [0, 0.05) is 23.3 Å². The quantitative estimate of drug-likeness (QED) is 0.715. The molecule has 0 spiro atoms. The van der Waals surface area contributed by atoms with Gasteiger partial charge in [-0.2, -0.15) is 4.31 Å². The first-order chi connectivity index (χ1) is 8.06. The van der Waals surface area contributed by atoms with Crippen molar-refractivity contribution in [3.05, 3.63) is 17.0 Å². The van der Waals surface area contributed by atoms with Gasteiger partial charge in [0.2, 0.25) is 0 Å². The Kier molecular flexibility index (Phi) is 6.12. The minimum atomic E-state index is -3.28. The highest BCUT2D eigenvalue weighted by Gasteiger charge is 2.24. The highest BCUT2D eigenvalue weighted by atomic mass is 79.9. The minimum absolute atomic E-state index is 0.464. The van der Waals surface area contributed by atoms with Crippen LogP contribution in [0.5, 0.6) is 0 Å². The number of alkyl halides is 1. The zero-order chi connectivity index (χ0) is 12.9.